The highest BCUT2D eigenvalue weighted by molar-refractivity contribution is 6.30. The first kappa shape index (κ1) is 14.5. The summed E-state index contributed by atoms with van der Waals surface area (Å²) in [5, 5.41) is 0.546. The Hall–Kier alpha value is -1.48. The van der Waals surface area contributed by atoms with Crippen LogP contribution in [0.15, 0.2) is 22.6 Å². The third-order valence-electron chi connectivity index (χ3n) is 3.96. The molecule has 2 aromatic rings. The van der Waals surface area contributed by atoms with Gasteiger partial charge >= 0.3 is 0 Å². The van der Waals surface area contributed by atoms with Crippen molar-refractivity contribution in [3.63, 3.8) is 0 Å². The molecule has 1 aromatic carbocycles. The van der Waals surface area contributed by atoms with Gasteiger partial charge in [0.1, 0.15) is 12.4 Å². The molecule has 3 nitrogen and oxygen atoms in total. The molecule has 0 aliphatic heterocycles. The van der Waals surface area contributed by atoms with Crippen molar-refractivity contribution in [1.82, 2.24) is 4.98 Å². The Labute approximate surface area is 130 Å². The second-order valence-corrected chi connectivity index (χ2v) is 5.95. The minimum Gasteiger partial charge on any atom is -0.485 e. The van der Waals surface area contributed by atoms with Gasteiger partial charge in [-0.15, -0.1) is 0 Å². The van der Waals surface area contributed by atoms with Crippen molar-refractivity contribution in [2.75, 3.05) is 0 Å². The number of aromatic nitrogens is 1. The van der Waals surface area contributed by atoms with Crippen LogP contribution in [0, 0.1) is 13.0 Å². The number of hydrogen-bond acceptors (Lipinski definition) is 3. The van der Waals surface area contributed by atoms with Crippen molar-refractivity contribution in [3.05, 3.63) is 46.6 Å². The largest absolute Gasteiger partial charge is 0.485 e. The second kappa shape index (κ2) is 6.52. The molecule has 0 N–H and O–H groups in total. The topological polar surface area (TPSA) is 35.3 Å². The van der Waals surface area contributed by atoms with Gasteiger partial charge in [0.25, 0.3) is 0 Å². The summed E-state index contributed by atoms with van der Waals surface area (Å²) in [5.41, 5.74) is 0.914. The van der Waals surface area contributed by atoms with Crippen molar-refractivity contribution < 1.29 is 9.15 Å². The van der Waals surface area contributed by atoms with Crippen molar-refractivity contribution in [2.45, 2.75) is 51.6 Å². The van der Waals surface area contributed by atoms with Gasteiger partial charge in [0.2, 0.25) is 0 Å². The summed E-state index contributed by atoms with van der Waals surface area (Å²) in [4.78, 5) is 4.58. The van der Waals surface area contributed by atoms with E-state index in [1.807, 2.05) is 19.1 Å². The molecular formula is C17H19ClNO2. The zero-order valence-corrected chi connectivity index (χ0v) is 12.9. The zero-order chi connectivity index (χ0) is 14.7. The number of rotatable bonds is 4. The van der Waals surface area contributed by atoms with Crippen LogP contribution in [0.3, 0.4) is 0 Å². The van der Waals surface area contributed by atoms with Crippen LogP contribution < -0.4 is 4.74 Å². The Balaban J connectivity index is 1.66. The summed E-state index contributed by atoms with van der Waals surface area (Å²) in [6.07, 6.45) is 6.24. The number of nitrogens with zero attached hydrogens (tertiary/aromatic N) is 1. The Kier molecular flexibility index (Phi) is 4.49. The lowest BCUT2D eigenvalue weighted by molar-refractivity contribution is 0.256. The number of hydrogen-bond donors (Lipinski definition) is 0. The van der Waals surface area contributed by atoms with Crippen LogP contribution in [-0.4, -0.2) is 4.98 Å². The van der Waals surface area contributed by atoms with Gasteiger partial charge in [-0.1, -0.05) is 36.9 Å². The monoisotopic (exact) mass is 304 g/mol. The van der Waals surface area contributed by atoms with Crippen molar-refractivity contribution >= 4 is 11.6 Å². The number of halogens is 1. The summed E-state index contributed by atoms with van der Waals surface area (Å²) < 4.78 is 11.6. The predicted molar refractivity (Wildman–Crippen MR) is 81.7 cm³/mol. The third-order valence-corrected chi connectivity index (χ3v) is 4.18. The first-order valence-corrected chi connectivity index (χ1v) is 7.87. The molecule has 1 saturated carbocycles. The molecule has 1 radical (unpaired) electrons. The van der Waals surface area contributed by atoms with E-state index in [4.69, 9.17) is 20.8 Å². The summed E-state index contributed by atoms with van der Waals surface area (Å²) >= 11 is 5.89. The average molecular weight is 305 g/mol. The van der Waals surface area contributed by atoms with E-state index >= 15 is 0 Å². The number of ether oxygens (including phenoxy) is 1. The SMILES string of the molecule is Cc1nc(C2CCCCC2)oc1COc1[c]c(Cl)ccc1. The lowest BCUT2D eigenvalue weighted by atomic mass is 9.89. The van der Waals surface area contributed by atoms with Crippen molar-refractivity contribution in [3.8, 4) is 5.75 Å². The molecule has 111 valence electrons. The van der Waals surface area contributed by atoms with E-state index in [0.29, 0.717) is 23.3 Å². The maximum absolute atomic E-state index is 5.92. The van der Waals surface area contributed by atoms with Crippen LogP contribution in [0.2, 0.25) is 5.02 Å². The summed E-state index contributed by atoms with van der Waals surface area (Å²) in [5.74, 6) is 2.77. The Morgan fingerprint density at radius 2 is 2.14 bits per heavy atom. The second-order valence-electron chi connectivity index (χ2n) is 5.55. The summed E-state index contributed by atoms with van der Waals surface area (Å²) in [6.45, 7) is 2.33. The normalized spacial score (nSPS) is 16.1. The van der Waals surface area contributed by atoms with Crippen LogP contribution in [-0.2, 0) is 6.61 Å². The highest BCUT2D eigenvalue weighted by Gasteiger charge is 2.22. The van der Waals surface area contributed by atoms with Crippen LogP contribution >= 0.6 is 11.6 Å². The molecule has 3 rings (SSSR count). The van der Waals surface area contributed by atoms with Crippen LogP contribution in [0.1, 0.15) is 55.4 Å². The van der Waals surface area contributed by atoms with Gasteiger partial charge in [-0.25, -0.2) is 4.98 Å². The fourth-order valence-electron chi connectivity index (χ4n) is 2.76. The van der Waals surface area contributed by atoms with E-state index in [2.05, 4.69) is 11.1 Å². The number of aryl methyl sites for hydroxylation is 1. The molecule has 1 fully saturated rings. The van der Waals surface area contributed by atoms with Gasteiger partial charge in [0.05, 0.1) is 10.7 Å². The molecule has 4 heteroatoms. The molecule has 0 amide bonds. The van der Waals surface area contributed by atoms with E-state index in [1.165, 1.54) is 32.1 Å². The lowest BCUT2D eigenvalue weighted by Gasteiger charge is -2.17. The molecule has 1 aliphatic rings. The Morgan fingerprint density at radius 1 is 1.33 bits per heavy atom. The maximum Gasteiger partial charge on any atom is 0.197 e. The molecule has 1 aliphatic carbocycles. The van der Waals surface area contributed by atoms with E-state index in [0.717, 1.165) is 17.3 Å². The average Bonchev–Trinajstić information content (AvgIpc) is 2.87. The highest BCUT2D eigenvalue weighted by atomic mass is 35.5. The molecule has 0 unspecified atom stereocenters. The lowest BCUT2D eigenvalue weighted by Crippen LogP contribution is -2.04. The smallest absolute Gasteiger partial charge is 0.197 e. The van der Waals surface area contributed by atoms with Gasteiger partial charge in [0, 0.05) is 12.0 Å². The summed E-state index contributed by atoms with van der Waals surface area (Å²) in [6, 6.07) is 8.40. The quantitative estimate of drug-likeness (QED) is 0.791. The first-order chi connectivity index (χ1) is 10.2. The van der Waals surface area contributed by atoms with Gasteiger partial charge < -0.3 is 9.15 Å². The molecule has 21 heavy (non-hydrogen) atoms. The Morgan fingerprint density at radius 3 is 2.90 bits per heavy atom. The minimum absolute atomic E-state index is 0.363. The van der Waals surface area contributed by atoms with Crippen molar-refractivity contribution in [2.24, 2.45) is 0 Å². The minimum atomic E-state index is 0.363. The summed E-state index contributed by atoms with van der Waals surface area (Å²) in [7, 11) is 0. The predicted octanol–water partition coefficient (Wildman–Crippen LogP) is 5.06. The third kappa shape index (κ3) is 3.59. The van der Waals surface area contributed by atoms with Gasteiger partial charge in [0.15, 0.2) is 11.7 Å². The van der Waals surface area contributed by atoms with Crippen LogP contribution in [0.25, 0.3) is 0 Å². The molecule has 0 bridgehead atoms. The van der Waals surface area contributed by atoms with E-state index in [9.17, 15) is 0 Å². The van der Waals surface area contributed by atoms with Crippen molar-refractivity contribution in [1.29, 1.82) is 0 Å². The van der Waals surface area contributed by atoms with Gasteiger partial charge in [-0.2, -0.15) is 0 Å². The standard InChI is InChI=1S/C17H19ClNO2/c1-12-16(11-20-15-9-5-8-14(18)10-15)21-17(19-12)13-6-3-2-4-7-13/h5,8-9,13H,2-4,6-7,11H2,1H3. The molecule has 1 aromatic heterocycles. The van der Waals surface area contributed by atoms with Crippen LogP contribution in [0.5, 0.6) is 5.75 Å². The molecule has 0 saturated heterocycles. The molecule has 1 heterocycles. The van der Waals surface area contributed by atoms with E-state index < -0.39 is 0 Å². The fourth-order valence-corrected chi connectivity index (χ4v) is 2.92. The van der Waals surface area contributed by atoms with Gasteiger partial charge in [-0.3, -0.25) is 0 Å². The van der Waals surface area contributed by atoms with Crippen LogP contribution in [0.4, 0.5) is 0 Å². The Bertz CT molecular complexity index is 603. The number of oxazole rings is 1. The highest BCUT2D eigenvalue weighted by Crippen LogP contribution is 2.33. The molecule has 0 atom stereocenters. The molecular weight excluding hydrogens is 286 g/mol. The molecule has 0 spiro atoms. The van der Waals surface area contributed by atoms with E-state index in [-0.39, 0.29) is 0 Å². The number of benzene rings is 1. The van der Waals surface area contributed by atoms with E-state index in [1.54, 1.807) is 6.07 Å². The fraction of sp³-hybridized carbons (Fsp3) is 0.471. The van der Waals surface area contributed by atoms with Gasteiger partial charge in [-0.05, 0) is 31.9 Å². The maximum atomic E-state index is 5.92. The first-order valence-electron chi connectivity index (χ1n) is 7.49. The zero-order valence-electron chi connectivity index (χ0n) is 12.2.